The van der Waals surface area contributed by atoms with Gasteiger partial charge in [-0.2, -0.15) is 5.26 Å². The van der Waals surface area contributed by atoms with E-state index in [4.69, 9.17) is 5.26 Å². The summed E-state index contributed by atoms with van der Waals surface area (Å²) in [5, 5.41) is 8.81. The van der Waals surface area contributed by atoms with Crippen molar-refractivity contribution >= 4 is 5.57 Å². The smallest absolute Gasteiger partial charge is 0.0918 e. The molecule has 1 aromatic carbocycles. The number of benzene rings is 1. The molecule has 2 aromatic rings. The van der Waals surface area contributed by atoms with Crippen LogP contribution in [0, 0.1) is 11.3 Å². The Morgan fingerprint density at radius 2 is 1.81 bits per heavy atom. The highest BCUT2D eigenvalue weighted by atomic mass is 14.6. The molecule has 76 valence electrons. The summed E-state index contributed by atoms with van der Waals surface area (Å²) in [5.74, 6) is 0. The molecule has 0 aliphatic carbocycles. The van der Waals surface area contributed by atoms with Crippen LogP contribution in [-0.4, -0.2) is 4.98 Å². The van der Waals surface area contributed by atoms with Crippen molar-refractivity contribution in [2.45, 2.75) is 0 Å². The van der Waals surface area contributed by atoms with Crippen molar-refractivity contribution in [3.63, 3.8) is 0 Å². The van der Waals surface area contributed by atoms with Gasteiger partial charge in [0.2, 0.25) is 0 Å². The maximum Gasteiger partial charge on any atom is 0.0918 e. The zero-order valence-corrected chi connectivity index (χ0v) is 8.67. The van der Waals surface area contributed by atoms with Crippen LogP contribution < -0.4 is 0 Å². The molecule has 0 aliphatic rings. The lowest BCUT2D eigenvalue weighted by molar-refractivity contribution is 1.31. The molecule has 2 rings (SSSR count). The second-order valence-electron chi connectivity index (χ2n) is 3.29. The molecule has 0 fully saturated rings. The Balaban J connectivity index is 2.50. The van der Waals surface area contributed by atoms with Crippen molar-refractivity contribution in [3.05, 3.63) is 72.1 Å². The largest absolute Gasteiger partial charge is 0.264 e. The molecule has 1 heterocycles. The number of pyridine rings is 1. The summed E-state index contributed by atoms with van der Waals surface area (Å²) in [7, 11) is 0. The van der Waals surface area contributed by atoms with E-state index < -0.39 is 0 Å². The summed E-state index contributed by atoms with van der Waals surface area (Å²) in [6.45, 7) is 0. The lowest BCUT2D eigenvalue weighted by Crippen LogP contribution is -1.88. The van der Waals surface area contributed by atoms with Gasteiger partial charge in [0, 0.05) is 29.6 Å². The standard InChI is InChI=1S/C14H10N2/c15-9-8-14(12-5-2-1-3-6-12)13-7-4-10-16-11-13/h1-8,10-11H/b14-8+. The Labute approximate surface area is 94.5 Å². The van der Waals surface area contributed by atoms with Crippen molar-refractivity contribution in [2.24, 2.45) is 0 Å². The lowest BCUT2D eigenvalue weighted by Gasteiger charge is -2.05. The predicted molar refractivity (Wildman–Crippen MR) is 63.4 cm³/mol. The fraction of sp³-hybridized carbons (Fsp3) is 0. The number of hydrogen-bond acceptors (Lipinski definition) is 2. The van der Waals surface area contributed by atoms with Crippen molar-refractivity contribution in [2.75, 3.05) is 0 Å². The second-order valence-corrected chi connectivity index (χ2v) is 3.29. The Hall–Kier alpha value is -2.40. The lowest BCUT2D eigenvalue weighted by atomic mass is 9.99. The van der Waals surface area contributed by atoms with Crippen LogP contribution in [0.15, 0.2) is 60.9 Å². The first kappa shape index (κ1) is 10.1. The summed E-state index contributed by atoms with van der Waals surface area (Å²) >= 11 is 0. The third kappa shape index (κ3) is 2.15. The van der Waals surface area contributed by atoms with Gasteiger partial charge in [0.15, 0.2) is 0 Å². The Morgan fingerprint density at radius 1 is 1.06 bits per heavy atom. The van der Waals surface area contributed by atoms with Gasteiger partial charge in [-0.05, 0) is 11.6 Å². The Kier molecular flexibility index (Phi) is 3.10. The SMILES string of the molecule is N#C/C=C(\c1ccccc1)c1cccnc1. The van der Waals surface area contributed by atoms with E-state index in [1.165, 1.54) is 0 Å². The molecule has 0 atom stereocenters. The third-order valence-electron chi connectivity index (χ3n) is 2.27. The zero-order valence-electron chi connectivity index (χ0n) is 8.67. The predicted octanol–water partition coefficient (Wildman–Crippen LogP) is 3.04. The van der Waals surface area contributed by atoms with E-state index in [1.54, 1.807) is 18.5 Å². The summed E-state index contributed by atoms with van der Waals surface area (Å²) in [5.41, 5.74) is 2.88. The van der Waals surface area contributed by atoms with Crippen LogP contribution in [0.25, 0.3) is 5.57 Å². The fourth-order valence-electron chi connectivity index (χ4n) is 1.54. The second kappa shape index (κ2) is 4.90. The maximum atomic E-state index is 8.81. The van der Waals surface area contributed by atoms with Gasteiger partial charge in [0.25, 0.3) is 0 Å². The molecular weight excluding hydrogens is 196 g/mol. The van der Waals surface area contributed by atoms with Gasteiger partial charge >= 0.3 is 0 Å². The molecule has 2 nitrogen and oxygen atoms in total. The van der Waals surface area contributed by atoms with Gasteiger partial charge in [-0.3, -0.25) is 4.98 Å². The normalized spacial score (nSPS) is 10.8. The number of nitrogens with zero attached hydrogens (tertiary/aromatic N) is 2. The van der Waals surface area contributed by atoms with E-state index in [-0.39, 0.29) is 0 Å². The van der Waals surface area contributed by atoms with Gasteiger partial charge in [0.05, 0.1) is 6.07 Å². The number of nitriles is 1. The molecule has 0 amide bonds. The first-order chi connectivity index (χ1) is 7.92. The first-order valence-corrected chi connectivity index (χ1v) is 4.97. The molecule has 16 heavy (non-hydrogen) atoms. The van der Waals surface area contributed by atoms with Gasteiger partial charge < -0.3 is 0 Å². The minimum Gasteiger partial charge on any atom is -0.264 e. The molecule has 0 saturated heterocycles. The van der Waals surface area contributed by atoms with E-state index in [0.717, 1.165) is 16.7 Å². The van der Waals surface area contributed by atoms with Crippen LogP contribution in [0.3, 0.4) is 0 Å². The van der Waals surface area contributed by atoms with Crippen molar-refractivity contribution < 1.29 is 0 Å². The minimum absolute atomic E-state index is 0.899. The highest BCUT2D eigenvalue weighted by molar-refractivity contribution is 5.80. The minimum atomic E-state index is 0.899. The molecule has 0 spiro atoms. The molecular formula is C14H10N2. The Bertz CT molecular complexity index is 480. The van der Waals surface area contributed by atoms with Crippen LogP contribution in [0.1, 0.15) is 11.1 Å². The Morgan fingerprint density at radius 3 is 2.44 bits per heavy atom. The van der Waals surface area contributed by atoms with E-state index in [1.807, 2.05) is 42.5 Å². The first-order valence-electron chi connectivity index (χ1n) is 4.97. The van der Waals surface area contributed by atoms with E-state index in [9.17, 15) is 0 Å². The van der Waals surface area contributed by atoms with Crippen molar-refractivity contribution in [1.82, 2.24) is 4.98 Å². The molecule has 0 aliphatic heterocycles. The number of rotatable bonds is 2. The summed E-state index contributed by atoms with van der Waals surface area (Å²) in [6, 6.07) is 15.7. The topological polar surface area (TPSA) is 36.7 Å². The summed E-state index contributed by atoms with van der Waals surface area (Å²) in [6.07, 6.45) is 5.03. The molecule has 1 aromatic heterocycles. The number of hydrogen-bond donors (Lipinski definition) is 0. The highest BCUT2D eigenvalue weighted by Gasteiger charge is 2.03. The van der Waals surface area contributed by atoms with Crippen molar-refractivity contribution in [1.29, 1.82) is 5.26 Å². The molecule has 0 saturated carbocycles. The average molecular weight is 206 g/mol. The molecule has 0 bridgehead atoms. The van der Waals surface area contributed by atoms with Gasteiger partial charge in [-0.15, -0.1) is 0 Å². The van der Waals surface area contributed by atoms with Gasteiger partial charge in [-0.1, -0.05) is 36.4 Å². The van der Waals surface area contributed by atoms with E-state index >= 15 is 0 Å². The molecule has 0 unspecified atom stereocenters. The quantitative estimate of drug-likeness (QED) is 0.708. The average Bonchev–Trinajstić information content (AvgIpc) is 2.38. The van der Waals surface area contributed by atoms with Crippen LogP contribution in [0.4, 0.5) is 0 Å². The fourth-order valence-corrected chi connectivity index (χ4v) is 1.54. The van der Waals surface area contributed by atoms with Crippen molar-refractivity contribution in [3.8, 4) is 6.07 Å². The maximum absolute atomic E-state index is 8.81. The van der Waals surface area contributed by atoms with Crippen LogP contribution in [-0.2, 0) is 0 Å². The number of aromatic nitrogens is 1. The highest BCUT2D eigenvalue weighted by Crippen LogP contribution is 2.21. The van der Waals surface area contributed by atoms with Gasteiger partial charge in [-0.25, -0.2) is 0 Å². The summed E-state index contributed by atoms with van der Waals surface area (Å²) in [4.78, 5) is 4.06. The molecule has 0 radical (unpaired) electrons. The molecule has 0 N–H and O–H groups in total. The van der Waals surface area contributed by atoms with Crippen LogP contribution in [0.2, 0.25) is 0 Å². The van der Waals surface area contributed by atoms with E-state index in [2.05, 4.69) is 11.1 Å². The van der Waals surface area contributed by atoms with Gasteiger partial charge in [0.1, 0.15) is 0 Å². The monoisotopic (exact) mass is 206 g/mol. The third-order valence-corrected chi connectivity index (χ3v) is 2.27. The molecule has 2 heteroatoms. The zero-order chi connectivity index (χ0) is 11.2. The summed E-state index contributed by atoms with van der Waals surface area (Å²) < 4.78 is 0. The van der Waals surface area contributed by atoms with E-state index in [0.29, 0.717) is 0 Å². The number of allylic oxidation sites excluding steroid dienone is 1. The van der Waals surface area contributed by atoms with Crippen LogP contribution >= 0.6 is 0 Å². The van der Waals surface area contributed by atoms with Crippen LogP contribution in [0.5, 0.6) is 0 Å².